The summed E-state index contributed by atoms with van der Waals surface area (Å²) in [6, 6.07) is 8.53. The Bertz CT molecular complexity index is 1040. The molecule has 1 aliphatic heterocycles. The molecule has 2 aliphatic rings. The summed E-state index contributed by atoms with van der Waals surface area (Å²) in [4.78, 5) is 19.7. The van der Waals surface area contributed by atoms with Crippen molar-refractivity contribution in [1.29, 1.82) is 0 Å². The third kappa shape index (κ3) is 3.61. The van der Waals surface area contributed by atoms with Crippen molar-refractivity contribution in [2.75, 3.05) is 18.4 Å². The second-order valence-electron chi connectivity index (χ2n) is 8.36. The van der Waals surface area contributed by atoms with Crippen LogP contribution in [0.3, 0.4) is 0 Å². The van der Waals surface area contributed by atoms with E-state index in [4.69, 9.17) is 4.98 Å². The molecule has 1 saturated heterocycles. The highest BCUT2D eigenvalue weighted by atomic mass is 32.1. The molecule has 3 aromatic rings. The van der Waals surface area contributed by atoms with Gasteiger partial charge in [-0.25, -0.2) is 9.78 Å². The fraction of sp³-hybridized carbons (Fsp3) is 0.524. The number of aromatic nitrogens is 4. The van der Waals surface area contributed by atoms with E-state index in [1.54, 1.807) is 0 Å². The molecule has 5 rings (SSSR count). The standard InChI is InChI=1S/C21H26N6OS/c1-13(2)27-17-8-4-3-7-16(17)22-18(27)15-6-5-11-26(12-15)21(28)23-20-25-24-19(29-20)14-9-10-14/h3-4,7-8,13-15H,5-6,9-12H2,1-2H3,(H,23,25,28). The molecule has 1 atom stereocenters. The van der Waals surface area contributed by atoms with Crippen LogP contribution in [0.25, 0.3) is 11.0 Å². The number of nitrogens with zero attached hydrogens (tertiary/aromatic N) is 5. The minimum atomic E-state index is -0.0830. The predicted octanol–water partition coefficient (Wildman–Crippen LogP) is 4.76. The molecular weight excluding hydrogens is 384 g/mol. The summed E-state index contributed by atoms with van der Waals surface area (Å²) in [5, 5.41) is 13.0. The van der Waals surface area contributed by atoms with Crippen molar-refractivity contribution in [3.8, 4) is 0 Å². The first kappa shape index (κ1) is 18.5. The highest BCUT2D eigenvalue weighted by Gasteiger charge is 2.31. The molecule has 0 spiro atoms. The number of imidazole rings is 1. The third-order valence-electron chi connectivity index (χ3n) is 5.79. The van der Waals surface area contributed by atoms with Gasteiger partial charge in [-0.3, -0.25) is 5.32 Å². The molecule has 3 heterocycles. The van der Waals surface area contributed by atoms with Crippen LogP contribution < -0.4 is 5.32 Å². The Kier molecular flexibility index (Phi) is 4.73. The van der Waals surface area contributed by atoms with Gasteiger partial charge in [0.1, 0.15) is 10.8 Å². The van der Waals surface area contributed by atoms with E-state index in [0.717, 1.165) is 35.7 Å². The highest BCUT2D eigenvalue weighted by molar-refractivity contribution is 7.15. The lowest BCUT2D eigenvalue weighted by Crippen LogP contribution is -2.42. The van der Waals surface area contributed by atoms with E-state index in [-0.39, 0.29) is 11.9 Å². The molecule has 29 heavy (non-hydrogen) atoms. The van der Waals surface area contributed by atoms with E-state index in [1.807, 2.05) is 11.0 Å². The highest BCUT2D eigenvalue weighted by Crippen LogP contribution is 2.42. The fourth-order valence-corrected chi connectivity index (χ4v) is 5.12. The van der Waals surface area contributed by atoms with Gasteiger partial charge < -0.3 is 9.47 Å². The minimum Gasteiger partial charge on any atom is -0.325 e. The second kappa shape index (κ2) is 7.40. The van der Waals surface area contributed by atoms with Gasteiger partial charge >= 0.3 is 6.03 Å². The van der Waals surface area contributed by atoms with Gasteiger partial charge in [-0.2, -0.15) is 0 Å². The van der Waals surface area contributed by atoms with E-state index >= 15 is 0 Å². The number of para-hydroxylation sites is 2. The Morgan fingerprint density at radius 1 is 1.17 bits per heavy atom. The average molecular weight is 411 g/mol. The molecule has 0 radical (unpaired) electrons. The molecule has 1 aliphatic carbocycles. The van der Waals surface area contributed by atoms with Crippen LogP contribution in [0.4, 0.5) is 9.93 Å². The molecule has 1 saturated carbocycles. The van der Waals surface area contributed by atoms with Crippen LogP contribution in [0.5, 0.6) is 0 Å². The summed E-state index contributed by atoms with van der Waals surface area (Å²) in [5.41, 5.74) is 2.19. The third-order valence-corrected chi connectivity index (χ3v) is 6.80. The topological polar surface area (TPSA) is 75.9 Å². The minimum absolute atomic E-state index is 0.0830. The van der Waals surface area contributed by atoms with E-state index in [9.17, 15) is 4.79 Å². The number of benzene rings is 1. The largest absolute Gasteiger partial charge is 0.325 e. The first-order valence-electron chi connectivity index (χ1n) is 10.5. The van der Waals surface area contributed by atoms with E-state index < -0.39 is 0 Å². The Labute approximate surface area is 174 Å². The van der Waals surface area contributed by atoms with Crippen LogP contribution in [0.15, 0.2) is 24.3 Å². The van der Waals surface area contributed by atoms with Crippen molar-refractivity contribution in [1.82, 2.24) is 24.6 Å². The maximum Gasteiger partial charge on any atom is 0.323 e. The van der Waals surface area contributed by atoms with Crippen molar-refractivity contribution >= 4 is 33.5 Å². The first-order valence-corrected chi connectivity index (χ1v) is 11.3. The van der Waals surface area contributed by atoms with Crippen LogP contribution in [-0.4, -0.2) is 43.8 Å². The number of nitrogens with one attached hydrogen (secondary N) is 1. The lowest BCUT2D eigenvalue weighted by Gasteiger charge is -2.32. The number of fused-ring (bicyclic) bond motifs is 1. The summed E-state index contributed by atoms with van der Waals surface area (Å²) < 4.78 is 2.33. The number of hydrogen-bond acceptors (Lipinski definition) is 5. The predicted molar refractivity (Wildman–Crippen MR) is 115 cm³/mol. The van der Waals surface area contributed by atoms with Crippen molar-refractivity contribution in [3.63, 3.8) is 0 Å². The second-order valence-corrected chi connectivity index (χ2v) is 9.37. The molecule has 2 amide bonds. The van der Waals surface area contributed by atoms with Gasteiger partial charge in [0, 0.05) is 31.0 Å². The molecule has 1 aromatic carbocycles. The van der Waals surface area contributed by atoms with Gasteiger partial charge in [-0.05, 0) is 51.7 Å². The maximum atomic E-state index is 12.9. The summed E-state index contributed by atoms with van der Waals surface area (Å²) in [6.07, 6.45) is 4.40. The lowest BCUT2D eigenvalue weighted by molar-refractivity contribution is 0.190. The van der Waals surface area contributed by atoms with Crippen molar-refractivity contribution in [3.05, 3.63) is 35.1 Å². The summed E-state index contributed by atoms with van der Waals surface area (Å²) in [6.45, 7) is 5.82. The Morgan fingerprint density at radius 3 is 2.79 bits per heavy atom. The molecule has 2 fully saturated rings. The number of carbonyl (C=O) groups is 1. The molecule has 8 heteroatoms. The van der Waals surface area contributed by atoms with Gasteiger partial charge in [0.25, 0.3) is 0 Å². The molecule has 1 unspecified atom stereocenters. The van der Waals surface area contributed by atoms with E-state index in [2.05, 4.69) is 52.1 Å². The van der Waals surface area contributed by atoms with Gasteiger partial charge in [-0.15, -0.1) is 10.2 Å². The van der Waals surface area contributed by atoms with Gasteiger partial charge in [0.15, 0.2) is 0 Å². The number of urea groups is 1. The summed E-state index contributed by atoms with van der Waals surface area (Å²) in [7, 11) is 0. The molecule has 1 N–H and O–H groups in total. The zero-order valence-corrected chi connectivity index (χ0v) is 17.7. The summed E-state index contributed by atoms with van der Waals surface area (Å²) in [5.74, 6) is 1.88. The number of piperidine rings is 1. The van der Waals surface area contributed by atoms with Crippen LogP contribution >= 0.6 is 11.3 Å². The lowest BCUT2D eigenvalue weighted by atomic mass is 9.97. The van der Waals surface area contributed by atoms with E-state index in [1.165, 1.54) is 29.7 Å². The Hall–Kier alpha value is -2.48. The van der Waals surface area contributed by atoms with Crippen molar-refractivity contribution < 1.29 is 4.79 Å². The molecule has 0 bridgehead atoms. The molecule has 7 nitrogen and oxygen atoms in total. The van der Waals surface area contributed by atoms with Crippen molar-refractivity contribution in [2.24, 2.45) is 0 Å². The summed E-state index contributed by atoms with van der Waals surface area (Å²) >= 11 is 1.51. The van der Waals surface area contributed by atoms with E-state index in [0.29, 0.717) is 23.6 Å². The smallest absolute Gasteiger partial charge is 0.323 e. The number of rotatable bonds is 4. The van der Waals surface area contributed by atoms with Crippen LogP contribution in [0, 0.1) is 0 Å². The van der Waals surface area contributed by atoms with Crippen LogP contribution in [0.1, 0.15) is 68.2 Å². The first-order chi connectivity index (χ1) is 14.1. The average Bonchev–Trinajstić information content (AvgIpc) is 3.34. The zero-order chi connectivity index (χ0) is 20.0. The molecule has 2 aromatic heterocycles. The maximum absolute atomic E-state index is 12.9. The van der Waals surface area contributed by atoms with Gasteiger partial charge in [0.2, 0.25) is 5.13 Å². The zero-order valence-electron chi connectivity index (χ0n) is 16.8. The van der Waals surface area contributed by atoms with Crippen LogP contribution in [0.2, 0.25) is 0 Å². The number of anilines is 1. The SMILES string of the molecule is CC(C)n1c(C2CCCN(C(=O)Nc3nnc(C4CC4)s3)C2)nc2ccccc21. The number of carbonyl (C=O) groups excluding carboxylic acids is 1. The van der Waals surface area contributed by atoms with Gasteiger partial charge in [-0.1, -0.05) is 23.5 Å². The monoisotopic (exact) mass is 410 g/mol. The van der Waals surface area contributed by atoms with Gasteiger partial charge in [0.05, 0.1) is 11.0 Å². The number of likely N-dealkylation sites (tertiary alicyclic amines) is 1. The molecule has 152 valence electrons. The quantitative estimate of drug-likeness (QED) is 0.673. The van der Waals surface area contributed by atoms with Crippen LogP contribution in [-0.2, 0) is 0 Å². The molecular formula is C21H26N6OS. The number of hydrogen-bond donors (Lipinski definition) is 1. The fourth-order valence-electron chi connectivity index (χ4n) is 4.22. The number of amides is 2. The normalized spacial score (nSPS) is 19.8. The Balaban J connectivity index is 1.34. The van der Waals surface area contributed by atoms with Crippen molar-refractivity contribution in [2.45, 2.75) is 57.4 Å². The Morgan fingerprint density at radius 2 is 2.00 bits per heavy atom.